The van der Waals surface area contributed by atoms with Crippen molar-refractivity contribution < 1.29 is 19.4 Å². The van der Waals surface area contributed by atoms with Crippen molar-refractivity contribution in [3.8, 4) is 0 Å². The third kappa shape index (κ3) is 2.84. The molecule has 0 spiro atoms. The topological polar surface area (TPSA) is 66.8 Å². The van der Waals surface area contributed by atoms with Crippen LogP contribution < -0.4 is 0 Å². The molecule has 0 radical (unpaired) electrons. The summed E-state index contributed by atoms with van der Waals surface area (Å²) < 4.78 is 5.09. The fraction of sp³-hybridized carbons (Fsp3) is 0.800. The first-order chi connectivity index (χ1) is 7.06. The van der Waals surface area contributed by atoms with Crippen LogP contribution in [0, 0.1) is 0 Å². The van der Waals surface area contributed by atoms with Gasteiger partial charge in [0.1, 0.15) is 12.1 Å². The van der Waals surface area contributed by atoms with Crippen LogP contribution in [0.3, 0.4) is 0 Å². The van der Waals surface area contributed by atoms with E-state index in [2.05, 4.69) is 0 Å². The lowest BCUT2D eigenvalue weighted by molar-refractivity contribution is -0.141. The quantitative estimate of drug-likeness (QED) is 0.774. The van der Waals surface area contributed by atoms with Crippen LogP contribution in [0.5, 0.6) is 0 Å². The van der Waals surface area contributed by atoms with Crippen molar-refractivity contribution in [2.45, 2.75) is 45.3 Å². The molecule has 0 bridgehead atoms. The molecule has 1 N–H and O–H groups in total. The van der Waals surface area contributed by atoms with E-state index in [0.717, 1.165) is 12.8 Å². The largest absolute Gasteiger partial charge is 0.480 e. The van der Waals surface area contributed by atoms with Crippen molar-refractivity contribution in [2.75, 3.05) is 6.54 Å². The molecular formula is C10H17NO4. The Balaban J connectivity index is 2.55. The first-order valence-corrected chi connectivity index (χ1v) is 5.26. The Morgan fingerprint density at radius 1 is 1.60 bits per heavy atom. The first-order valence-electron chi connectivity index (χ1n) is 5.26. The molecule has 5 nitrogen and oxygen atoms in total. The minimum Gasteiger partial charge on any atom is -0.480 e. The Morgan fingerprint density at radius 3 is 2.80 bits per heavy atom. The normalized spacial score (nSPS) is 22.5. The minimum atomic E-state index is -0.950. The zero-order valence-electron chi connectivity index (χ0n) is 9.10. The second-order valence-corrected chi connectivity index (χ2v) is 3.79. The van der Waals surface area contributed by atoms with Gasteiger partial charge in [0.25, 0.3) is 0 Å². The number of hydrogen-bond donors (Lipinski definition) is 1. The van der Waals surface area contributed by atoms with Gasteiger partial charge in [0.05, 0.1) is 0 Å². The average molecular weight is 215 g/mol. The van der Waals surface area contributed by atoms with E-state index in [9.17, 15) is 9.59 Å². The van der Waals surface area contributed by atoms with Gasteiger partial charge in [-0.3, -0.25) is 4.90 Å². The van der Waals surface area contributed by atoms with Crippen LogP contribution in [-0.4, -0.2) is 40.8 Å². The predicted molar refractivity (Wildman–Crippen MR) is 53.6 cm³/mol. The summed E-state index contributed by atoms with van der Waals surface area (Å²) in [5, 5.41) is 8.87. The number of carbonyl (C=O) groups excluding carboxylic acids is 1. The van der Waals surface area contributed by atoms with Crippen molar-refractivity contribution >= 4 is 12.1 Å². The number of ether oxygens (including phenoxy) is 1. The van der Waals surface area contributed by atoms with E-state index in [0.29, 0.717) is 13.0 Å². The van der Waals surface area contributed by atoms with Gasteiger partial charge >= 0.3 is 12.1 Å². The molecular weight excluding hydrogens is 198 g/mol. The van der Waals surface area contributed by atoms with E-state index in [1.165, 1.54) is 4.90 Å². The smallest absolute Gasteiger partial charge is 0.410 e. The standard InChI is InChI=1S/C10H17NO4/c1-3-7(2)15-10(14)11-6-4-5-8(11)9(12)13/h7-8H,3-6H2,1-2H3,(H,12,13)/t7?,8-/m0/s1. The molecule has 1 fully saturated rings. The summed E-state index contributed by atoms with van der Waals surface area (Å²) in [5.74, 6) is -0.950. The number of amides is 1. The highest BCUT2D eigenvalue weighted by molar-refractivity contribution is 5.80. The van der Waals surface area contributed by atoms with E-state index in [-0.39, 0.29) is 6.10 Å². The summed E-state index contributed by atoms with van der Waals surface area (Å²) in [6.45, 7) is 4.19. The molecule has 1 unspecified atom stereocenters. The third-order valence-corrected chi connectivity index (χ3v) is 2.65. The second kappa shape index (κ2) is 5.00. The molecule has 0 aromatic carbocycles. The van der Waals surface area contributed by atoms with Crippen molar-refractivity contribution in [2.24, 2.45) is 0 Å². The fourth-order valence-corrected chi connectivity index (χ4v) is 1.57. The van der Waals surface area contributed by atoms with E-state index in [1.807, 2.05) is 6.92 Å². The van der Waals surface area contributed by atoms with Crippen LogP contribution in [0.25, 0.3) is 0 Å². The second-order valence-electron chi connectivity index (χ2n) is 3.79. The molecule has 1 rings (SSSR count). The fourth-order valence-electron chi connectivity index (χ4n) is 1.57. The van der Waals surface area contributed by atoms with Gasteiger partial charge in [-0.05, 0) is 26.2 Å². The molecule has 0 aromatic rings. The van der Waals surface area contributed by atoms with Crippen LogP contribution in [0.1, 0.15) is 33.1 Å². The lowest BCUT2D eigenvalue weighted by Crippen LogP contribution is -2.41. The number of nitrogens with zero attached hydrogens (tertiary/aromatic N) is 1. The minimum absolute atomic E-state index is 0.160. The molecule has 2 atom stereocenters. The summed E-state index contributed by atoms with van der Waals surface area (Å²) in [6, 6.07) is -0.707. The molecule has 5 heteroatoms. The van der Waals surface area contributed by atoms with Crippen molar-refractivity contribution in [1.82, 2.24) is 4.90 Å². The molecule has 0 aliphatic carbocycles. The van der Waals surface area contributed by atoms with E-state index in [4.69, 9.17) is 9.84 Å². The summed E-state index contributed by atoms with van der Waals surface area (Å²) >= 11 is 0. The van der Waals surface area contributed by atoms with Gasteiger partial charge in [0, 0.05) is 6.54 Å². The van der Waals surface area contributed by atoms with Crippen LogP contribution in [0.4, 0.5) is 4.79 Å². The van der Waals surface area contributed by atoms with Crippen molar-refractivity contribution in [3.63, 3.8) is 0 Å². The number of hydrogen-bond acceptors (Lipinski definition) is 3. The Bertz CT molecular complexity index is 254. The van der Waals surface area contributed by atoms with E-state index in [1.54, 1.807) is 6.92 Å². The van der Waals surface area contributed by atoms with E-state index < -0.39 is 18.1 Å². The molecule has 1 amide bonds. The highest BCUT2D eigenvalue weighted by atomic mass is 16.6. The number of aliphatic carboxylic acids is 1. The zero-order valence-corrected chi connectivity index (χ0v) is 9.10. The molecule has 86 valence electrons. The molecule has 0 saturated carbocycles. The Labute approximate surface area is 89.0 Å². The molecule has 15 heavy (non-hydrogen) atoms. The van der Waals surface area contributed by atoms with Gasteiger partial charge in [-0.1, -0.05) is 6.92 Å². The van der Waals surface area contributed by atoms with Gasteiger partial charge in [0.2, 0.25) is 0 Å². The lowest BCUT2D eigenvalue weighted by Gasteiger charge is -2.22. The van der Waals surface area contributed by atoms with Crippen molar-refractivity contribution in [1.29, 1.82) is 0 Å². The Morgan fingerprint density at radius 2 is 2.27 bits per heavy atom. The average Bonchev–Trinajstić information content (AvgIpc) is 2.65. The molecule has 0 aromatic heterocycles. The summed E-state index contributed by atoms with van der Waals surface area (Å²) in [5.41, 5.74) is 0. The molecule has 1 heterocycles. The van der Waals surface area contributed by atoms with Crippen LogP contribution >= 0.6 is 0 Å². The molecule has 1 aliphatic rings. The third-order valence-electron chi connectivity index (χ3n) is 2.65. The lowest BCUT2D eigenvalue weighted by atomic mass is 10.2. The molecule has 1 aliphatic heterocycles. The SMILES string of the molecule is CCC(C)OC(=O)N1CCC[C@H]1C(=O)O. The molecule has 1 saturated heterocycles. The van der Waals surface area contributed by atoms with Gasteiger partial charge in [-0.15, -0.1) is 0 Å². The van der Waals surface area contributed by atoms with Crippen LogP contribution in [-0.2, 0) is 9.53 Å². The maximum absolute atomic E-state index is 11.6. The number of likely N-dealkylation sites (tertiary alicyclic amines) is 1. The number of carbonyl (C=O) groups is 2. The maximum Gasteiger partial charge on any atom is 0.410 e. The Kier molecular flexibility index (Phi) is 3.94. The van der Waals surface area contributed by atoms with Crippen molar-refractivity contribution in [3.05, 3.63) is 0 Å². The zero-order chi connectivity index (χ0) is 11.4. The van der Waals surface area contributed by atoms with Crippen LogP contribution in [0.2, 0.25) is 0 Å². The first kappa shape index (κ1) is 11.8. The summed E-state index contributed by atoms with van der Waals surface area (Å²) in [6.07, 6.45) is 1.32. The van der Waals surface area contributed by atoms with Gasteiger partial charge in [-0.25, -0.2) is 9.59 Å². The monoisotopic (exact) mass is 215 g/mol. The van der Waals surface area contributed by atoms with Gasteiger partial charge < -0.3 is 9.84 Å². The van der Waals surface area contributed by atoms with E-state index >= 15 is 0 Å². The maximum atomic E-state index is 11.6. The summed E-state index contributed by atoms with van der Waals surface area (Å²) in [4.78, 5) is 23.7. The number of rotatable bonds is 3. The highest BCUT2D eigenvalue weighted by Gasteiger charge is 2.35. The highest BCUT2D eigenvalue weighted by Crippen LogP contribution is 2.19. The number of carboxylic acids is 1. The van der Waals surface area contributed by atoms with Gasteiger partial charge in [0.15, 0.2) is 0 Å². The Hall–Kier alpha value is -1.26. The number of carboxylic acid groups (broad SMARTS) is 1. The van der Waals surface area contributed by atoms with Gasteiger partial charge in [-0.2, -0.15) is 0 Å². The predicted octanol–water partition coefficient (Wildman–Crippen LogP) is 1.47. The summed E-state index contributed by atoms with van der Waals surface area (Å²) in [7, 11) is 0. The van der Waals surface area contributed by atoms with Crippen LogP contribution in [0.15, 0.2) is 0 Å².